The number of ether oxygens (including phenoxy) is 2. The number of alkyl halides is 2. The molecule has 0 fully saturated rings. The second-order valence-electron chi connectivity index (χ2n) is 5.23. The third kappa shape index (κ3) is 4.00. The first kappa shape index (κ1) is 19.4. The Morgan fingerprint density at radius 3 is 2.62 bits per heavy atom. The molecule has 1 aromatic heterocycles. The van der Waals surface area contributed by atoms with Crippen LogP contribution in [-0.4, -0.2) is 24.6 Å². The molecule has 0 N–H and O–H groups in total. The van der Waals surface area contributed by atoms with Crippen LogP contribution in [0.25, 0.3) is 0 Å². The number of pyridine rings is 1. The molecule has 0 saturated heterocycles. The van der Waals surface area contributed by atoms with Gasteiger partial charge in [-0.15, -0.1) is 0 Å². The van der Waals surface area contributed by atoms with Crippen molar-refractivity contribution >= 4 is 17.8 Å². The van der Waals surface area contributed by atoms with Gasteiger partial charge in [0.15, 0.2) is 11.5 Å². The summed E-state index contributed by atoms with van der Waals surface area (Å²) in [6, 6.07) is 6.22. The topological polar surface area (TPSA) is 76.6 Å². The molecule has 26 heavy (non-hydrogen) atoms. The summed E-state index contributed by atoms with van der Waals surface area (Å²) in [7, 11) is 1.28. The van der Waals surface area contributed by atoms with Crippen molar-refractivity contribution in [2.75, 3.05) is 7.11 Å². The Labute approximate surface area is 152 Å². The lowest BCUT2D eigenvalue weighted by atomic mass is 10.1. The molecule has 6 nitrogen and oxygen atoms in total. The van der Waals surface area contributed by atoms with E-state index in [2.05, 4.69) is 9.84 Å². The van der Waals surface area contributed by atoms with E-state index in [1.165, 1.54) is 25.5 Å². The highest BCUT2D eigenvalue weighted by Gasteiger charge is 2.16. The predicted octanol–water partition coefficient (Wildman–Crippen LogP) is 3.48. The standard InChI is InChI=1S/C17H14ClF2N3O3/c1-9-4-10(2)23(16(24)12(9)7-21)22-8-11-5-13(18)15(26-17(19)20)14(6-11)25-3/h4-6,8,17H,1-3H3. The van der Waals surface area contributed by atoms with E-state index in [1.807, 2.05) is 6.07 Å². The Morgan fingerprint density at radius 1 is 1.35 bits per heavy atom. The zero-order valence-corrected chi connectivity index (χ0v) is 14.8. The van der Waals surface area contributed by atoms with Crippen LogP contribution >= 0.6 is 11.6 Å². The Balaban J connectivity index is 2.48. The Bertz CT molecular complexity index is 965. The SMILES string of the molecule is COc1cc(C=Nn2c(C)cc(C)c(C#N)c2=O)cc(Cl)c1OC(F)F. The van der Waals surface area contributed by atoms with Crippen molar-refractivity contribution in [1.29, 1.82) is 5.26 Å². The highest BCUT2D eigenvalue weighted by molar-refractivity contribution is 6.32. The van der Waals surface area contributed by atoms with E-state index in [9.17, 15) is 13.6 Å². The number of hydrogen-bond acceptors (Lipinski definition) is 5. The van der Waals surface area contributed by atoms with Gasteiger partial charge in [0.2, 0.25) is 0 Å². The minimum atomic E-state index is -3.06. The molecule has 0 aliphatic rings. The molecule has 0 aliphatic carbocycles. The zero-order chi connectivity index (χ0) is 19.4. The second-order valence-corrected chi connectivity index (χ2v) is 5.64. The van der Waals surface area contributed by atoms with E-state index < -0.39 is 12.2 Å². The van der Waals surface area contributed by atoms with Crippen LogP contribution < -0.4 is 15.0 Å². The van der Waals surface area contributed by atoms with Crippen molar-refractivity contribution in [3.05, 3.63) is 56.0 Å². The quantitative estimate of drug-likeness (QED) is 0.743. The molecule has 2 aromatic rings. The van der Waals surface area contributed by atoms with Gasteiger partial charge in [-0.3, -0.25) is 4.79 Å². The zero-order valence-electron chi connectivity index (χ0n) is 14.1. The normalized spacial score (nSPS) is 11.0. The molecule has 1 aromatic carbocycles. The molecule has 0 spiro atoms. The number of rotatable bonds is 5. The maximum Gasteiger partial charge on any atom is 0.387 e. The maximum absolute atomic E-state index is 12.5. The van der Waals surface area contributed by atoms with Crippen LogP contribution in [0.15, 0.2) is 28.1 Å². The number of methoxy groups -OCH3 is 1. The molecule has 0 radical (unpaired) electrons. The fourth-order valence-corrected chi connectivity index (χ4v) is 2.57. The van der Waals surface area contributed by atoms with Crippen molar-refractivity contribution in [2.24, 2.45) is 5.10 Å². The van der Waals surface area contributed by atoms with Crippen LogP contribution in [-0.2, 0) is 0 Å². The minimum Gasteiger partial charge on any atom is -0.493 e. The second kappa shape index (κ2) is 7.97. The van der Waals surface area contributed by atoms with Gasteiger partial charge in [0.1, 0.15) is 11.6 Å². The highest BCUT2D eigenvalue weighted by atomic mass is 35.5. The fraction of sp³-hybridized carbons (Fsp3) is 0.235. The van der Waals surface area contributed by atoms with Gasteiger partial charge in [0.05, 0.1) is 18.3 Å². The van der Waals surface area contributed by atoms with Crippen molar-refractivity contribution in [3.8, 4) is 17.6 Å². The van der Waals surface area contributed by atoms with Gasteiger partial charge in [-0.25, -0.2) is 4.68 Å². The van der Waals surface area contributed by atoms with Gasteiger partial charge in [0, 0.05) is 5.69 Å². The molecule has 1 heterocycles. The molecule has 0 unspecified atom stereocenters. The number of benzene rings is 1. The van der Waals surface area contributed by atoms with Crippen LogP contribution in [0.4, 0.5) is 8.78 Å². The van der Waals surface area contributed by atoms with Crippen LogP contribution in [0.3, 0.4) is 0 Å². The summed E-state index contributed by atoms with van der Waals surface area (Å²) in [4.78, 5) is 12.3. The third-order valence-corrected chi connectivity index (χ3v) is 3.73. The molecule has 0 bridgehead atoms. The van der Waals surface area contributed by atoms with Crippen LogP contribution in [0, 0.1) is 25.2 Å². The summed E-state index contributed by atoms with van der Waals surface area (Å²) >= 11 is 5.96. The lowest BCUT2D eigenvalue weighted by Crippen LogP contribution is -2.22. The lowest BCUT2D eigenvalue weighted by molar-refractivity contribution is -0.0511. The Morgan fingerprint density at radius 2 is 2.04 bits per heavy atom. The molecule has 0 amide bonds. The summed E-state index contributed by atoms with van der Waals surface area (Å²) < 4.78 is 35.3. The summed E-state index contributed by atoms with van der Waals surface area (Å²) in [5.74, 6) is -0.304. The minimum absolute atomic E-state index is 0.00932. The monoisotopic (exact) mass is 381 g/mol. The lowest BCUT2D eigenvalue weighted by Gasteiger charge is -2.12. The average Bonchev–Trinajstić information content (AvgIpc) is 2.56. The number of nitriles is 1. The summed E-state index contributed by atoms with van der Waals surface area (Å²) in [5, 5.41) is 13.0. The van der Waals surface area contributed by atoms with Gasteiger partial charge < -0.3 is 9.47 Å². The van der Waals surface area contributed by atoms with Gasteiger partial charge in [-0.1, -0.05) is 11.6 Å². The number of hydrogen-bond donors (Lipinski definition) is 0. The summed E-state index contributed by atoms with van der Waals surface area (Å²) in [6.07, 6.45) is 1.30. The number of halogens is 3. The third-order valence-electron chi connectivity index (χ3n) is 3.45. The maximum atomic E-state index is 12.5. The molecule has 0 aliphatic heterocycles. The van der Waals surface area contributed by atoms with Gasteiger partial charge >= 0.3 is 6.61 Å². The van der Waals surface area contributed by atoms with Crippen LogP contribution in [0.2, 0.25) is 5.02 Å². The van der Waals surface area contributed by atoms with Crippen molar-refractivity contribution in [2.45, 2.75) is 20.5 Å². The summed E-state index contributed by atoms with van der Waals surface area (Å²) in [5.41, 5.74) is 0.901. The van der Waals surface area contributed by atoms with Crippen molar-refractivity contribution < 1.29 is 18.3 Å². The molecule has 0 saturated carbocycles. The van der Waals surface area contributed by atoms with Gasteiger partial charge in [-0.2, -0.15) is 19.1 Å². The predicted molar refractivity (Wildman–Crippen MR) is 92.5 cm³/mol. The number of aryl methyl sites for hydroxylation is 2. The first-order valence-electron chi connectivity index (χ1n) is 7.28. The summed E-state index contributed by atoms with van der Waals surface area (Å²) in [6.45, 7) is 0.270. The van der Waals surface area contributed by atoms with Crippen molar-refractivity contribution in [3.63, 3.8) is 0 Å². The Hall–Kier alpha value is -2.92. The highest BCUT2D eigenvalue weighted by Crippen LogP contribution is 2.37. The van der Waals surface area contributed by atoms with Gasteiger partial charge in [-0.05, 0) is 43.2 Å². The molecule has 136 valence electrons. The first-order chi connectivity index (χ1) is 12.3. The molecular weight excluding hydrogens is 368 g/mol. The molecule has 2 rings (SSSR count). The van der Waals surface area contributed by atoms with E-state index in [0.29, 0.717) is 16.8 Å². The van der Waals surface area contributed by atoms with E-state index in [0.717, 1.165) is 4.68 Å². The fourth-order valence-electron chi connectivity index (χ4n) is 2.30. The first-order valence-corrected chi connectivity index (χ1v) is 7.66. The van der Waals surface area contributed by atoms with Gasteiger partial charge in [0.25, 0.3) is 5.56 Å². The average molecular weight is 382 g/mol. The van der Waals surface area contributed by atoms with E-state index in [-0.39, 0.29) is 22.1 Å². The molecule has 9 heteroatoms. The number of nitrogens with zero attached hydrogens (tertiary/aromatic N) is 3. The molecular formula is C17H14ClF2N3O3. The van der Waals surface area contributed by atoms with Crippen LogP contribution in [0.5, 0.6) is 11.5 Å². The Kier molecular flexibility index (Phi) is 5.95. The molecule has 0 atom stereocenters. The van der Waals surface area contributed by atoms with E-state index in [1.54, 1.807) is 19.9 Å². The number of aromatic nitrogens is 1. The van der Waals surface area contributed by atoms with Crippen molar-refractivity contribution in [1.82, 2.24) is 4.68 Å². The largest absolute Gasteiger partial charge is 0.493 e. The smallest absolute Gasteiger partial charge is 0.387 e. The van der Waals surface area contributed by atoms with Crippen LogP contribution in [0.1, 0.15) is 22.4 Å². The van der Waals surface area contributed by atoms with E-state index in [4.69, 9.17) is 21.6 Å². The van der Waals surface area contributed by atoms with E-state index >= 15 is 0 Å².